The molecule has 20 heavy (non-hydrogen) atoms. The van der Waals surface area contributed by atoms with E-state index in [1.165, 1.54) is 16.9 Å². The van der Waals surface area contributed by atoms with Crippen molar-refractivity contribution in [3.05, 3.63) is 22.4 Å². The van der Waals surface area contributed by atoms with Gasteiger partial charge in [0.15, 0.2) is 0 Å². The van der Waals surface area contributed by atoms with Crippen LogP contribution in [0.5, 0.6) is 0 Å². The van der Waals surface area contributed by atoms with Crippen molar-refractivity contribution < 1.29 is 19.4 Å². The van der Waals surface area contributed by atoms with Crippen molar-refractivity contribution >= 4 is 23.3 Å². The Morgan fingerprint density at radius 3 is 2.70 bits per heavy atom. The second-order valence-corrected chi connectivity index (χ2v) is 5.37. The quantitative estimate of drug-likeness (QED) is 0.787. The van der Waals surface area contributed by atoms with Gasteiger partial charge in [-0.05, 0) is 17.9 Å². The van der Waals surface area contributed by atoms with Gasteiger partial charge in [0.1, 0.15) is 6.54 Å². The fourth-order valence-electron chi connectivity index (χ4n) is 1.68. The number of amides is 2. The molecule has 0 aliphatic rings. The third-order valence-electron chi connectivity index (χ3n) is 2.76. The predicted molar refractivity (Wildman–Crippen MR) is 77.1 cm³/mol. The highest BCUT2D eigenvalue weighted by molar-refractivity contribution is 7.09. The van der Waals surface area contributed by atoms with E-state index in [0.717, 1.165) is 6.42 Å². The molecule has 0 atom stereocenters. The highest BCUT2D eigenvalue weighted by Crippen LogP contribution is 2.10. The maximum absolute atomic E-state index is 12.2. The van der Waals surface area contributed by atoms with Crippen molar-refractivity contribution in [1.29, 1.82) is 0 Å². The molecule has 1 heterocycles. The van der Waals surface area contributed by atoms with Crippen LogP contribution >= 0.6 is 11.3 Å². The number of hydrogen-bond acceptors (Lipinski definition) is 4. The third-order valence-corrected chi connectivity index (χ3v) is 3.70. The molecule has 0 aliphatic heterocycles. The van der Waals surface area contributed by atoms with Crippen LogP contribution in [-0.4, -0.2) is 67.3 Å². The predicted octanol–water partition coefficient (Wildman–Crippen LogP) is 1.38. The van der Waals surface area contributed by atoms with Crippen LogP contribution in [0.25, 0.3) is 0 Å². The number of carboxylic acid groups (broad SMARTS) is 1. The number of ether oxygens (including phenoxy) is 1. The molecule has 0 bridgehead atoms. The molecule has 0 saturated heterocycles. The summed E-state index contributed by atoms with van der Waals surface area (Å²) in [6.07, 6.45) is 0.769. The number of likely N-dealkylation sites (N-methyl/N-ethyl adjacent to an activating group) is 1. The normalized spacial score (nSPS) is 10.3. The maximum Gasteiger partial charge on any atom is 0.323 e. The first-order valence-corrected chi connectivity index (χ1v) is 7.15. The van der Waals surface area contributed by atoms with Gasteiger partial charge in [-0.3, -0.25) is 4.79 Å². The zero-order valence-corrected chi connectivity index (χ0v) is 12.6. The first-order valence-electron chi connectivity index (χ1n) is 6.27. The molecule has 112 valence electrons. The summed E-state index contributed by atoms with van der Waals surface area (Å²) < 4.78 is 4.90. The van der Waals surface area contributed by atoms with Gasteiger partial charge in [0, 0.05) is 32.1 Å². The van der Waals surface area contributed by atoms with Crippen molar-refractivity contribution in [3.63, 3.8) is 0 Å². The topological polar surface area (TPSA) is 70.1 Å². The van der Waals surface area contributed by atoms with Gasteiger partial charge in [-0.1, -0.05) is 6.07 Å². The molecule has 1 aromatic rings. The Kier molecular flexibility index (Phi) is 7.03. The Balaban J connectivity index is 2.50. The summed E-state index contributed by atoms with van der Waals surface area (Å²) in [6.45, 7) is 0.830. The SMILES string of the molecule is COCCN(CC(=O)O)C(=O)N(C)CCc1cccs1. The number of hydrogen-bond donors (Lipinski definition) is 1. The van der Waals surface area contributed by atoms with Crippen LogP contribution in [-0.2, 0) is 16.0 Å². The van der Waals surface area contributed by atoms with Crippen molar-refractivity contribution in [3.8, 4) is 0 Å². The molecule has 0 fully saturated rings. The number of rotatable bonds is 8. The van der Waals surface area contributed by atoms with Crippen LogP contribution in [0.2, 0.25) is 0 Å². The molecule has 0 aromatic carbocycles. The van der Waals surface area contributed by atoms with Gasteiger partial charge in [0.05, 0.1) is 6.61 Å². The number of nitrogens with zero attached hydrogens (tertiary/aromatic N) is 2. The first-order chi connectivity index (χ1) is 9.54. The van der Waals surface area contributed by atoms with Crippen molar-refractivity contribution in [2.24, 2.45) is 0 Å². The summed E-state index contributed by atoms with van der Waals surface area (Å²) in [6, 6.07) is 3.70. The molecule has 0 aliphatic carbocycles. The van der Waals surface area contributed by atoms with Gasteiger partial charge in [0.25, 0.3) is 0 Å². The minimum atomic E-state index is -1.03. The average Bonchev–Trinajstić information content (AvgIpc) is 2.92. The van der Waals surface area contributed by atoms with Gasteiger partial charge in [-0.2, -0.15) is 0 Å². The summed E-state index contributed by atoms with van der Waals surface area (Å²) in [4.78, 5) is 27.0. The minimum absolute atomic E-state index is 0.269. The lowest BCUT2D eigenvalue weighted by molar-refractivity contribution is -0.137. The van der Waals surface area contributed by atoms with Gasteiger partial charge in [-0.25, -0.2) is 4.79 Å². The second-order valence-electron chi connectivity index (χ2n) is 4.34. The summed E-state index contributed by atoms with van der Waals surface area (Å²) >= 11 is 1.64. The molecule has 1 N–H and O–H groups in total. The lowest BCUT2D eigenvalue weighted by atomic mass is 10.3. The Hall–Kier alpha value is -1.60. The van der Waals surface area contributed by atoms with E-state index in [-0.39, 0.29) is 19.1 Å². The summed E-state index contributed by atoms with van der Waals surface area (Å²) in [5.74, 6) is -1.03. The molecule has 0 spiro atoms. The molecule has 6 nitrogen and oxygen atoms in total. The van der Waals surface area contributed by atoms with Gasteiger partial charge in [0.2, 0.25) is 0 Å². The fourth-order valence-corrected chi connectivity index (χ4v) is 2.38. The van der Waals surface area contributed by atoms with Crippen molar-refractivity contribution in [2.45, 2.75) is 6.42 Å². The first kappa shape index (κ1) is 16.5. The van der Waals surface area contributed by atoms with Gasteiger partial charge >= 0.3 is 12.0 Å². The summed E-state index contributed by atoms with van der Waals surface area (Å²) in [5.41, 5.74) is 0. The fraction of sp³-hybridized carbons (Fsp3) is 0.538. The monoisotopic (exact) mass is 300 g/mol. The number of urea groups is 1. The summed E-state index contributed by atoms with van der Waals surface area (Å²) in [7, 11) is 3.20. The van der Waals surface area contributed by atoms with E-state index in [1.54, 1.807) is 23.3 Å². The largest absolute Gasteiger partial charge is 0.480 e. The average molecular weight is 300 g/mol. The van der Waals surface area contributed by atoms with E-state index in [1.807, 2.05) is 17.5 Å². The van der Waals surface area contributed by atoms with Gasteiger partial charge in [-0.15, -0.1) is 11.3 Å². The molecule has 1 aromatic heterocycles. The molecule has 1 rings (SSSR count). The van der Waals surface area contributed by atoms with E-state index >= 15 is 0 Å². The van der Waals surface area contributed by atoms with E-state index in [2.05, 4.69) is 0 Å². The third kappa shape index (κ3) is 5.58. The number of carboxylic acids is 1. The van der Waals surface area contributed by atoms with Gasteiger partial charge < -0.3 is 19.6 Å². The van der Waals surface area contributed by atoms with Crippen molar-refractivity contribution in [2.75, 3.05) is 40.4 Å². The molecule has 2 amide bonds. The zero-order chi connectivity index (χ0) is 15.0. The number of methoxy groups -OCH3 is 1. The maximum atomic E-state index is 12.2. The highest BCUT2D eigenvalue weighted by atomic mass is 32.1. The standard InChI is InChI=1S/C13H20N2O4S/c1-14(6-5-11-4-3-9-20-11)13(18)15(7-8-19-2)10-12(16)17/h3-4,9H,5-8,10H2,1-2H3,(H,16,17). The molecule has 0 saturated carbocycles. The van der Waals surface area contributed by atoms with E-state index < -0.39 is 5.97 Å². The van der Waals surface area contributed by atoms with Crippen LogP contribution in [0.15, 0.2) is 17.5 Å². The Bertz CT molecular complexity index is 422. The Labute approximate surface area is 122 Å². The van der Waals surface area contributed by atoms with E-state index in [9.17, 15) is 9.59 Å². The Morgan fingerprint density at radius 2 is 2.15 bits per heavy atom. The molecular formula is C13H20N2O4S. The van der Waals surface area contributed by atoms with E-state index in [0.29, 0.717) is 13.2 Å². The smallest absolute Gasteiger partial charge is 0.323 e. The molecular weight excluding hydrogens is 280 g/mol. The molecule has 0 radical (unpaired) electrons. The number of aliphatic carboxylic acids is 1. The van der Waals surface area contributed by atoms with Crippen LogP contribution < -0.4 is 0 Å². The zero-order valence-electron chi connectivity index (χ0n) is 11.7. The highest BCUT2D eigenvalue weighted by Gasteiger charge is 2.20. The molecule has 7 heteroatoms. The van der Waals surface area contributed by atoms with Crippen molar-refractivity contribution in [1.82, 2.24) is 9.80 Å². The number of carbonyl (C=O) groups is 2. The van der Waals surface area contributed by atoms with Crippen LogP contribution in [0, 0.1) is 0 Å². The van der Waals surface area contributed by atoms with Crippen LogP contribution in [0.4, 0.5) is 4.79 Å². The number of thiophene rings is 1. The molecule has 0 unspecified atom stereocenters. The van der Waals surface area contributed by atoms with E-state index in [4.69, 9.17) is 9.84 Å². The van der Waals surface area contributed by atoms with Crippen LogP contribution in [0.1, 0.15) is 4.88 Å². The lowest BCUT2D eigenvalue weighted by Gasteiger charge is -2.26. The Morgan fingerprint density at radius 1 is 1.40 bits per heavy atom. The second kappa shape index (κ2) is 8.55. The summed E-state index contributed by atoms with van der Waals surface area (Å²) in [5, 5.41) is 10.8. The number of carbonyl (C=O) groups excluding carboxylic acids is 1. The lowest BCUT2D eigenvalue weighted by Crippen LogP contribution is -2.45. The van der Waals surface area contributed by atoms with Crippen LogP contribution in [0.3, 0.4) is 0 Å². The minimum Gasteiger partial charge on any atom is -0.480 e.